The average molecular weight is 528 g/mol. The Morgan fingerprint density at radius 3 is 2.31 bits per heavy atom. The smallest absolute Gasteiger partial charge is 0.261 e. The molecule has 8 nitrogen and oxygen atoms in total. The van der Waals surface area contributed by atoms with Gasteiger partial charge in [0, 0.05) is 63.5 Å². The molecule has 2 N–H and O–H groups in total. The van der Waals surface area contributed by atoms with Crippen molar-refractivity contribution in [2.24, 2.45) is 0 Å². The number of carbonyl (C=O) groups is 3. The molecule has 1 aliphatic heterocycles. The summed E-state index contributed by atoms with van der Waals surface area (Å²) in [7, 11) is 1.49. The van der Waals surface area contributed by atoms with Gasteiger partial charge in [0.2, 0.25) is 5.91 Å². The van der Waals surface area contributed by atoms with E-state index in [2.05, 4.69) is 10.6 Å². The molecule has 3 aromatic rings. The van der Waals surface area contributed by atoms with Crippen molar-refractivity contribution >= 4 is 59.6 Å². The number of nitrogens with one attached hydrogen (secondary N) is 2. The quantitative estimate of drug-likeness (QED) is 0.218. The van der Waals surface area contributed by atoms with Crippen molar-refractivity contribution in [2.75, 3.05) is 23.7 Å². The van der Waals surface area contributed by atoms with E-state index < -0.39 is 9.05 Å². The van der Waals surface area contributed by atoms with Gasteiger partial charge in [0.1, 0.15) is 0 Å². The molecule has 0 bridgehead atoms. The minimum absolute atomic E-state index is 0.0375. The van der Waals surface area contributed by atoms with Gasteiger partial charge in [0.15, 0.2) is 0 Å². The van der Waals surface area contributed by atoms with Gasteiger partial charge in [-0.3, -0.25) is 19.3 Å². The fourth-order valence-electron chi connectivity index (χ4n) is 4.22. The minimum atomic E-state index is -3.81. The van der Waals surface area contributed by atoms with Crippen molar-refractivity contribution < 1.29 is 22.8 Å². The predicted octanol–water partition coefficient (Wildman–Crippen LogP) is 4.99. The zero-order valence-corrected chi connectivity index (χ0v) is 21.3. The largest absolute Gasteiger partial charge is 0.385 e. The topological polar surface area (TPSA) is 113 Å². The molecular weight excluding hydrogens is 502 g/mol. The van der Waals surface area contributed by atoms with Crippen LogP contribution in [0.1, 0.15) is 53.3 Å². The minimum Gasteiger partial charge on any atom is -0.385 e. The molecule has 0 unspecified atom stereocenters. The molecule has 10 heteroatoms. The SMILES string of the molecule is CCCCN1C(=O)c2cccc3c(NCCCC(=O)Nc4ccc(S(=O)(=O)Cl)cc4)ccc(c23)C1=O. The molecule has 0 atom stereocenters. The lowest BCUT2D eigenvalue weighted by molar-refractivity contribution is -0.116. The molecule has 188 valence electrons. The van der Waals surface area contributed by atoms with Crippen molar-refractivity contribution in [3.8, 4) is 0 Å². The van der Waals surface area contributed by atoms with E-state index in [0.29, 0.717) is 41.7 Å². The molecule has 1 aliphatic rings. The second-order valence-electron chi connectivity index (χ2n) is 8.55. The first kappa shape index (κ1) is 25.7. The third-order valence-electron chi connectivity index (χ3n) is 6.04. The number of benzene rings is 3. The normalized spacial score (nSPS) is 13.2. The lowest BCUT2D eigenvalue weighted by Gasteiger charge is -2.27. The van der Waals surface area contributed by atoms with E-state index in [1.807, 2.05) is 25.1 Å². The highest BCUT2D eigenvalue weighted by atomic mass is 35.7. The molecule has 0 aliphatic carbocycles. The molecule has 3 aromatic carbocycles. The van der Waals surface area contributed by atoms with Crippen LogP contribution in [0.3, 0.4) is 0 Å². The summed E-state index contributed by atoms with van der Waals surface area (Å²) >= 11 is 0. The summed E-state index contributed by atoms with van der Waals surface area (Å²) in [6, 6.07) is 14.6. The van der Waals surface area contributed by atoms with Gasteiger partial charge in [-0.25, -0.2) is 8.42 Å². The molecule has 0 saturated heterocycles. The second-order valence-corrected chi connectivity index (χ2v) is 11.1. The van der Waals surface area contributed by atoms with E-state index in [4.69, 9.17) is 10.7 Å². The fraction of sp³-hybridized carbons (Fsp3) is 0.269. The van der Waals surface area contributed by atoms with Crippen LogP contribution in [0.5, 0.6) is 0 Å². The van der Waals surface area contributed by atoms with E-state index in [1.165, 1.54) is 29.2 Å². The number of imide groups is 1. The van der Waals surface area contributed by atoms with Gasteiger partial charge in [-0.2, -0.15) is 0 Å². The maximum atomic E-state index is 13.0. The van der Waals surface area contributed by atoms with Gasteiger partial charge in [0.05, 0.1) is 4.90 Å². The van der Waals surface area contributed by atoms with Crippen LogP contribution < -0.4 is 10.6 Å². The van der Waals surface area contributed by atoms with Crippen molar-refractivity contribution in [2.45, 2.75) is 37.5 Å². The monoisotopic (exact) mass is 527 g/mol. The average Bonchev–Trinajstić information content (AvgIpc) is 2.85. The van der Waals surface area contributed by atoms with E-state index in [1.54, 1.807) is 12.1 Å². The Kier molecular flexibility index (Phi) is 7.61. The van der Waals surface area contributed by atoms with Crippen molar-refractivity contribution in [3.63, 3.8) is 0 Å². The number of hydrogen-bond acceptors (Lipinski definition) is 6. The van der Waals surface area contributed by atoms with Gasteiger partial charge >= 0.3 is 0 Å². The fourth-order valence-corrected chi connectivity index (χ4v) is 4.99. The van der Waals surface area contributed by atoms with E-state index in [9.17, 15) is 22.8 Å². The number of nitrogens with zero attached hydrogens (tertiary/aromatic N) is 1. The summed E-state index contributed by atoms with van der Waals surface area (Å²) in [5.74, 6) is -0.743. The molecule has 0 fully saturated rings. The standard InChI is InChI=1S/C26H26ClN3O5S/c1-2-3-16-30-25(32)20-7-4-6-19-22(14-13-21(24(19)20)26(30)33)28-15-5-8-23(31)29-17-9-11-18(12-10-17)36(27,34)35/h4,6-7,9-14,28H,2-3,5,8,15-16H2,1H3,(H,29,31). The molecule has 3 amide bonds. The zero-order chi connectivity index (χ0) is 25.9. The number of rotatable bonds is 10. The summed E-state index contributed by atoms with van der Waals surface area (Å²) in [5.41, 5.74) is 2.31. The maximum Gasteiger partial charge on any atom is 0.261 e. The van der Waals surface area contributed by atoms with Crippen LogP contribution in [-0.2, 0) is 13.8 Å². The number of unbranched alkanes of at least 4 members (excludes halogenated alkanes) is 1. The van der Waals surface area contributed by atoms with E-state index in [-0.39, 0.29) is 29.0 Å². The second kappa shape index (κ2) is 10.7. The number of anilines is 2. The number of hydrogen-bond donors (Lipinski definition) is 2. The molecule has 36 heavy (non-hydrogen) atoms. The Bertz CT molecular complexity index is 1420. The van der Waals surface area contributed by atoms with Crippen LogP contribution in [0.25, 0.3) is 10.8 Å². The zero-order valence-electron chi connectivity index (χ0n) is 19.7. The number of amides is 3. The van der Waals surface area contributed by atoms with Gasteiger partial charge in [-0.15, -0.1) is 0 Å². The first-order valence-corrected chi connectivity index (χ1v) is 14.0. The molecule has 1 heterocycles. The van der Waals surface area contributed by atoms with Crippen LogP contribution in [-0.4, -0.2) is 44.1 Å². The summed E-state index contributed by atoms with van der Waals surface area (Å²) in [4.78, 5) is 39.5. The van der Waals surface area contributed by atoms with E-state index in [0.717, 1.165) is 23.9 Å². The van der Waals surface area contributed by atoms with Crippen LogP contribution >= 0.6 is 10.7 Å². The van der Waals surface area contributed by atoms with Crippen molar-refractivity contribution in [3.05, 3.63) is 65.7 Å². The van der Waals surface area contributed by atoms with E-state index >= 15 is 0 Å². The summed E-state index contributed by atoms with van der Waals surface area (Å²) in [5, 5.41) is 7.48. The van der Waals surface area contributed by atoms with Crippen LogP contribution in [0.2, 0.25) is 0 Å². The first-order chi connectivity index (χ1) is 17.2. The lowest BCUT2D eigenvalue weighted by Crippen LogP contribution is -2.40. The lowest BCUT2D eigenvalue weighted by atomic mass is 9.93. The third-order valence-corrected chi connectivity index (χ3v) is 7.41. The van der Waals surface area contributed by atoms with Crippen molar-refractivity contribution in [1.29, 1.82) is 0 Å². The highest BCUT2D eigenvalue weighted by Crippen LogP contribution is 2.34. The van der Waals surface area contributed by atoms with Gasteiger partial charge in [-0.1, -0.05) is 25.5 Å². The van der Waals surface area contributed by atoms with Gasteiger partial charge in [-0.05, 0) is 55.3 Å². The Balaban J connectivity index is 1.39. The Morgan fingerprint density at radius 1 is 0.944 bits per heavy atom. The predicted molar refractivity (Wildman–Crippen MR) is 140 cm³/mol. The Hall–Kier alpha value is -3.43. The highest BCUT2D eigenvalue weighted by molar-refractivity contribution is 8.13. The molecular formula is C26H26ClN3O5S. The molecule has 0 saturated carbocycles. The summed E-state index contributed by atoms with van der Waals surface area (Å²) in [6.07, 6.45) is 2.43. The Labute approximate surface area is 214 Å². The van der Waals surface area contributed by atoms with Crippen LogP contribution in [0.4, 0.5) is 11.4 Å². The number of carbonyl (C=O) groups excluding carboxylic acids is 3. The maximum absolute atomic E-state index is 13.0. The van der Waals surface area contributed by atoms with Crippen molar-refractivity contribution in [1.82, 2.24) is 4.90 Å². The highest BCUT2D eigenvalue weighted by Gasteiger charge is 2.32. The van der Waals surface area contributed by atoms with Crippen LogP contribution in [0, 0.1) is 0 Å². The third kappa shape index (κ3) is 5.37. The van der Waals surface area contributed by atoms with Gasteiger partial charge in [0.25, 0.3) is 20.9 Å². The molecule has 4 rings (SSSR count). The Morgan fingerprint density at radius 2 is 1.64 bits per heavy atom. The first-order valence-electron chi connectivity index (χ1n) is 11.7. The summed E-state index contributed by atoms with van der Waals surface area (Å²) < 4.78 is 22.6. The molecule has 0 radical (unpaired) electrons. The summed E-state index contributed by atoms with van der Waals surface area (Å²) in [6.45, 7) is 2.92. The van der Waals surface area contributed by atoms with Crippen LogP contribution in [0.15, 0.2) is 59.5 Å². The molecule has 0 aromatic heterocycles. The van der Waals surface area contributed by atoms with Gasteiger partial charge < -0.3 is 10.6 Å². The molecule has 0 spiro atoms. The number of halogens is 1.